The number of nitrogens with zero attached hydrogens (tertiary/aromatic N) is 1. The lowest BCUT2D eigenvalue weighted by atomic mass is 9.87. The number of halogens is 1. The van der Waals surface area contributed by atoms with Crippen molar-refractivity contribution in [3.05, 3.63) is 29.8 Å². The van der Waals surface area contributed by atoms with Gasteiger partial charge < -0.3 is 10.6 Å². The van der Waals surface area contributed by atoms with Crippen molar-refractivity contribution in [3.63, 3.8) is 0 Å². The molecule has 0 radical (unpaired) electrons. The third-order valence-corrected chi connectivity index (χ3v) is 5.30. The van der Waals surface area contributed by atoms with Gasteiger partial charge >= 0.3 is 0 Å². The highest BCUT2D eigenvalue weighted by atomic mass is 127. The van der Waals surface area contributed by atoms with E-state index in [9.17, 15) is 8.42 Å². The fourth-order valence-electron chi connectivity index (χ4n) is 2.66. The van der Waals surface area contributed by atoms with E-state index in [1.807, 2.05) is 0 Å². The number of aliphatic imine (C=N–C) groups is 1. The first-order chi connectivity index (χ1) is 12.2. The zero-order valence-corrected chi connectivity index (χ0v) is 20.1. The Hall–Kier alpha value is -0.870. The zero-order valence-electron chi connectivity index (χ0n) is 16.9. The Morgan fingerprint density at radius 3 is 2.30 bits per heavy atom. The lowest BCUT2D eigenvalue weighted by Gasteiger charge is -2.26. The second kappa shape index (κ2) is 12.6. The summed E-state index contributed by atoms with van der Waals surface area (Å²) in [5.74, 6) is 0.787. The number of hydrogen-bond donors (Lipinski definition) is 3. The second-order valence-corrected chi connectivity index (χ2v) is 8.97. The van der Waals surface area contributed by atoms with Gasteiger partial charge in [-0.2, -0.15) is 0 Å². The summed E-state index contributed by atoms with van der Waals surface area (Å²) >= 11 is 0. The average Bonchev–Trinajstić information content (AvgIpc) is 2.57. The van der Waals surface area contributed by atoms with Crippen molar-refractivity contribution in [3.8, 4) is 0 Å². The quantitative estimate of drug-likeness (QED) is 0.195. The van der Waals surface area contributed by atoms with Gasteiger partial charge in [-0.25, -0.2) is 13.6 Å². The number of rotatable bonds is 10. The van der Waals surface area contributed by atoms with Gasteiger partial charge in [0.1, 0.15) is 0 Å². The summed E-state index contributed by atoms with van der Waals surface area (Å²) in [7, 11) is -1.87. The van der Waals surface area contributed by atoms with E-state index in [0.717, 1.165) is 24.5 Å². The van der Waals surface area contributed by atoms with Gasteiger partial charge in [0.15, 0.2) is 5.96 Å². The molecule has 0 unspecified atom stereocenters. The van der Waals surface area contributed by atoms with Crippen molar-refractivity contribution in [1.82, 2.24) is 10.6 Å². The molecule has 0 heterocycles. The highest BCUT2D eigenvalue weighted by Crippen LogP contribution is 2.22. The van der Waals surface area contributed by atoms with Crippen LogP contribution < -0.4 is 15.8 Å². The molecule has 0 spiro atoms. The molecule has 0 aliphatic heterocycles. The van der Waals surface area contributed by atoms with Crippen molar-refractivity contribution in [2.24, 2.45) is 15.5 Å². The molecule has 6 nitrogen and oxygen atoms in total. The van der Waals surface area contributed by atoms with Crippen molar-refractivity contribution >= 4 is 40.0 Å². The van der Waals surface area contributed by atoms with Crippen LogP contribution in [0.15, 0.2) is 34.2 Å². The van der Waals surface area contributed by atoms with E-state index in [0.29, 0.717) is 6.54 Å². The summed E-state index contributed by atoms with van der Waals surface area (Å²) in [6.45, 7) is 8.36. The molecule has 8 heteroatoms. The maximum absolute atomic E-state index is 11.3. The SMILES string of the molecule is CCCCCC(C)(C)CNC(=NC)NCCc1ccc(S(N)(=O)=O)cc1.I. The maximum Gasteiger partial charge on any atom is 0.238 e. The van der Waals surface area contributed by atoms with Crippen LogP contribution in [-0.4, -0.2) is 34.5 Å². The van der Waals surface area contributed by atoms with Gasteiger partial charge in [0.2, 0.25) is 10.0 Å². The molecule has 4 N–H and O–H groups in total. The Labute approximate surface area is 181 Å². The summed E-state index contributed by atoms with van der Waals surface area (Å²) < 4.78 is 22.5. The molecule has 0 amide bonds. The van der Waals surface area contributed by atoms with Gasteiger partial charge in [-0.15, -0.1) is 24.0 Å². The molecule has 0 fully saturated rings. The summed E-state index contributed by atoms with van der Waals surface area (Å²) in [5, 5.41) is 11.8. The van der Waals surface area contributed by atoms with Crippen LogP contribution >= 0.6 is 24.0 Å². The van der Waals surface area contributed by atoms with Crippen molar-refractivity contribution in [2.45, 2.75) is 57.8 Å². The number of sulfonamides is 1. The number of primary sulfonamides is 1. The van der Waals surface area contributed by atoms with Gasteiger partial charge in [-0.1, -0.05) is 52.2 Å². The molecule has 0 bridgehead atoms. The number of hydrogen-bond acceptors (Lipinski definition) is 3. The van der Waals surface area contributed by atoms with Gasteiger partial charge in [0.25, 0.3) is 0 Å². The Balaban J connectivity index is 0.00000676. The smallest absolute Gasteiger partial charge is 0.238 e. The van der Waals surface area contributed by atoms with Crippen LogP contribution in [-0.2, 0) is 16.4 Å². The third-order valence-electron chi connectivity index (χ3n) is 4.37. The molecule has 156 valence electrons. The molecule has 27 heavy (non-hydrogen) atoms. The summed E-state index contributed by atoms with van der Waals surface area (Å²) in [6.07, 6.45) is 5.74. The van der Waals surface area contributed by atoms with Crippen LogP contribution in [0, 0.1) is 5.41 Å². The Morgan fingerprint density at radius 1 is 1.15 bits per heavy atom. The molecule has 0 saturated heterocycles. The minimum atomic E-state index is -3.63. The minimum absolute atomic E-state index is 0. The molecule has 0 saturated carbocycles. The highest BCUT2D eigenvalue weighted by molar-refractivity contribution is 14.0. The molecule has 0 aliphatic rings. The van der Waals surface area contributed by atoms with Crippen LogP contribution in [0.1, 0.15) is 52.0 Å². The molecule has 0 aliphatic carbocycles. The largest absolute Gasteiger partial charge is 0.356 e. The number of benzene rings is 1. The van der Waals surface area contributed by atoms with E-state index in [1.54, 1.807) is 19.2 Å². The molecule has 1 aromatic rings. The summed E-state index contributed by atoms with van der Waals surface area (Å²) in [6, 6.07) is 6.65. The first-order valence-electron chi connectivity index (χ1n) is 9.24. The fraction of sp³-hybridized carbons (Fsp3) is 0.632. The van der Waals surface area contributed by atoms with Gasteiger partial charge in [-0.3, -0.25) is 4.99 Å². The molecule has 1 rings (SSSR count). The number of nitrogens with one attached hydrogen (secondary N) is 2. The van der Waals surface area contributed by atoms with Crippen LogP contribution in [0.4, 0.5) is 0 Å². The maximum atomic E-state index is 11.3. The van der Waals surface area contributed by atoms with Gasteiger partial charge in [0, 0.05) is 20.1 Å². The Kier molecular flexibility index (Phi) is 12.2. The van der Waals surface area contributed by atoms with E-state index in [1.165, 1.54) is 37.8 Å². The lowest BCUT2D eigenvalue weighted by Crippen LogP contribution is -2.42. The van der Waals surface area contributed by atoms with E-state index in [-0.39, 0.29) is 34.3 Å². The van der Waals surface area contributed by atoms with Crippen LogP contribution in [0.3, 0.4) is 0 Å². The predicted octanol–water partition coefficient (Wildman–Crippen LogP) is 3.27. The summed E-state index contributed by atoms with van der Waals surface area (Å²) in [5.41, 5.74) is 1.27. The first-order valence-corrected chi connectivity index (χ1v) is 10.8. The van der Waals surface area contributed by atoms with Crippen LogP contribution in [0.2, 0.25) is 0 Å². The van der Waals surface area contributed by atoms with Gasteiger partial charge in [-0.05, 0) is 36.0 Å². The normalized spacial score (nSPS) is 12.4. The van der Waals surface area contributed by atoms with Gasteiger partial charge in [0.05, 0.1) is 4.90 Å². The molecule has 0 atom stereocenters. The van der Waals surface area contributed by atoms with Crippen molar-refractivity contribution in [2.75, 3.05) is 20.1 Å². The van der Waals surface area contributed by atoms with Crippen molar-refractivity contribution < 1.29 is 8.42 Å². The minimum Gasteiger partial charge on any atom is -0.356 e. The number of nitrogens with two attached hydrogens (primary N) is 1. The zero-order chi connectivity index (χ0) is 19.6. The van der Waals surface area contributed by atoms with Crippen LogP contribution in [0.25, 0.3) is 0 Å². The van der Waals surface area contributed by atoms with E-state index >= 15 is 0 Å². The third kappa shape index (κ3) is 10.9. The summed E-state index contributed by atoms with van der Waals surface area (Å²) in [4.78, 5) is 4.40. The Bertz CT molecular complexity index is 673. The second-order valence-electron chi connectivity index (χ2n) is 7.41. The molecule has 1 aromatic carbocycles. The molecular formula is C19H35IN4O2S. The Morgan fingerprint density at radius 2 is 1.78 bits per heavy atom. The van der Waals surface area contributed by atoms with Crippen molar-refractivity contribution in [1.29, 1.82) is 0 Å². The fourth-order valence-corrected chi connectivity index (χ4v) is 3.17. The average molecular weight is 510 g/mol. The number of guanidine groups is 1. The lowest BCUT2D eigenvalue weighted by molar-refractivity contribution is 0.318. The van der Waals surface area contributed by atoms with E-state index < -0.39 is 10.0 Å². The number of unbranched alkanes of at least 4 members (excludes halogenated alkanes) is 2. The first kappa shape index (κ1) is 26.1. The van der Waals surface area contributed by atoms with E-state index in [4.69, 9.17) is 5.14 Å². The monoisotopic (exact) mass is 510 g/mol. The van der Waals surface area contributed by atoms with Crippen LogP contribution in [0.5, 0.6) is 0 Å². The topological polar surface area (TPSA) is 96.6 Å². The van der Waals surface area contributed by atoms with E-state index in [2.05, 4.69) is 36.4 Å². The molecule has 0 aromatic heterocycles. The predicted molar refractivity (Wildman–Crippen MR) is 124 cm³/mol. The molecular weight excluding hydrogens is 475 g/mol. The highest BCUT2D eigenvalue weighted by Gasteiger charge is 2.17. The standard InChI is InChI=1S/C19H34N4O2S.HI/c1-5-6-7-13-19(2,3)15-23-18(21-4)22-14-12-16-8-10-17(11-9-16)26(20,24)25;/h8-11H,5-7,12-15H2,1-4H3,(H2,20,24,25)(H2,21,22,23);1H.